The molecule has 0 unspecified atom stereocenters. The maximum Gasteiger partial charge on any atom is 0.255 e. The molecule has 2 heterocycles. The van der Waals surface area contributed by atoms with Gasteiger partial charge >= 0.3 is 0 Å². The van der Waals surface area contributed by atoms with Crippen LogP contribution in [0.2, 0.25) is 0 Å². The van der Waals surface area contributed by atoms with Crippen LogP contribution in [0, 0.1) is 0 Å². The molecular weight excluding hydrogens is 376 g/mol. The SMILES string of the molecule is O=C(Nc1cccc(N2CCC(NCC3(O)CCCCC3)CC2)c1)c1ccncc1. The molecule has 1 saturated carbocycles. The second-order valence-corrected chi connectivity index (χ2v) is 8.67. The topological polar surface area (TPSA) is 77.5 Å². The molecule has 1 amide bonds. The van der Waals surface area contributed by atoms with Gasteiger partial charge in [-0.05, 0) is 56.0 Å². The first-order valence-electron chi connectivity index (χ1n) is 11.1. The zero-order chi connectivity index (χ0) is 20.8. The Labute approximate surface area is 178 Å². The minimum absolute atomic E-state index is 0.127. The monoisotopic (exact) mass is 408 g/mol. The summed E-state index contributed by atoms with van der Waals surface area (Å²) in [7, 11) is 0. The third-order valence-electron chi connectivity index (χ3n) is 6.41. The fourth-order valence-electron chi connectivity index (χ4n) is 4.55. The summed E-state index contributed by atoms with van der Waals surface area (Å²) in [6, 6.07) is 11.9. The van der Waals surface area contributed by atoms with Crippen LogP contribution in [0.3, 0.4) is 0 Å². The number of hydrogen-bond acceptors (Lipinski definition) is 5. The summed E-state index contributed by atoms with van der Waals surface area (Å²) in [5.74, 6) is -0.127. The van der Waals surface area contributed by atoms with Crippen molar-refractivity contribution in [2.24, 2.45) is 0 Å². The maximum absolute atomic E-state index is 12.4. The summed E-state index contributed by atoms with van der Waals surface area (Å²) >= 11 is 0. The lowest BCUT2D eigenvalue weighted by atomic mass is 9.84. The minimum Gasteiger partial charge on any atom is -0.389 e. The second-order valence-electron chi connectivity index (χ2n) is 8.67. The number of benzene rings is 1. The van der Waals surface area contributed by atoms with E-state index in [2.05, 4.69) is 26.6 Å². The van der Waals surface area contributed by atoms with Crippen LogP contribution >= 0.6 is 0 Å². The molecule has 6 nitrogen and oxygen atoms in total. The van der Waals surface area contributed by atoms with E-state index in [9.17, 15) is 9.90 Å². The van der Waals surface area contributed by atoms with Crippen molar-refractivity contribution in [3.8, 4) is 0 Å². The summed E-state index contributed by atoms with van der Waals surface area (Å²) in [4.78, 5) is 18.7. The molecule has 1 saturated heterocycles. The lowest BCUT2D eigenvalue weighted by molar-refractivity contribution is 0.00204. The molecule has 2 fully saturated rings. The van der Waals surface area contributed by atoms with Crippen molar-refractivity contribution in [3.63, 3.8) is 0 Å². The smallest absolute Gasteiger partial charge is 0.255 e. The van der Waals surface area contributed by atoms with E-state index in [4.69, 9.17) is 0 Å². The van der Waals surface area contributed by atoms with Crippen molar-refractivity contribution in [3.05, 3.63) is 54.4 Å². The maximum atomic E-state index is 12.4. The van der Waals surface area contributed by atoms with E-state index in [-0.39, 0.29) is 5.91 Å². The van der Waals surface area contributed by atoms with Crippen LogP contribution in [0.4, 0.5) is 11.4 Å². The van der Waals surface area contributed by atoms with Gasteiger partial charge in [-0.3, -0.25) is 9.78 Å². The molecule has 30 heavy (non-hydrogen) atoms. The van der Waals surface area contributed by atoms with Gasteiger partial charge in [-0.1, -0.05) is 25.3 Å². The highest BCUT2D eigenvalue weighted by molar-refractivity contribution is 6.04. The Balaban J connectivity index is 1.28. The Hall–Kier alpha value is -2.44. The molecule has 0 bridgehead atoms. The molecule has 1 aromatic heterocycles. The van der Waals surface area contributed by atoms with Gasteiger partial charge in [-0.15, -0.1) is 0 Å². The molecule has 1 aliphatic heterocycles. The third kappa shape index (κ3) is 5.37. The van der Waals surface area contributed by atoms with Crippen molar-refractivity contribution in [2.75, 3.05) is 29.9 Å². The minimum atomic E-state index is -0.503. The zero-order valence-electron chi connectivity index (χ0n) is 17.5. The van der Waals surface area contributed by atoms with Gasteiger partial charge in [-0.2, -0.15) is 0 Å². The first-order chi connectivity index (χ1) is 14.6. The van der Waals surface area contributed by atoms with E-state index in [1.807, 2.05) is 18.2 Å². The average Bonchev–Trinajstić information content (AvgIpc) is 2.79. The molecule has 6 heteroatoms. The quantitative estimate of drug-likeness (QED) is 0.681. The number of aliphatic hydroxyl groups is 1. The summed E-state index contributed by atoms with van der Waals surface area (Å²) in [5, 5.41) is 17.3. The van der Waals surface area contributed by atoms with Crippen LogP contribution in [0.25, 0.3) is 0 Å². The van der Waals surface area contributed by atoms with Gasteiger partial charge in [0.15, 0.2) is 0 Å². The van der Waals surface area contributed by atoms with Gasteiger partial charge in [0.25, 0.3) is 5.91 Å². The van der Waals surface area contributed by atoms with Crippen molar-refractivity contribution < 1.29 is 9.90 Å². The van der Waals surface area contributed by atoms with Gasteiger partial charge in [-0.25, -0.2) is 0 Å². The zero-order valence-corrected chi connectivity index (χ0v) is 17.5. The number of carbonyl (C=O) groups is 1. The van der Waals surface area contributed by atoms with Gasteiger partial charge in [0, 0.05) is 55.0 Å². The van der Waals surface area contributed by atoms with Crippen molar-refractivity contribution in [1.29, 1.82) is 0 Å². The van der Waals surface area contributed by atoms with Crippen LogP contribution in [0.15, 0.2) is 48.8 Å². The Morgan fingerprint density at radius 2 is 1.83 bits per heavy atom. The van der Waals surface area contributed by atoms with Gasteiger partial charge in [0.05, 0.1) is 5.60 Å². The number of rotatable bonds is 6. The molecule has 4 rings (SSSR count). The van der Waals surface area contributed by atoms with Crippen LogP contribution in [-0.4, -0.2) is 47.3 Å². The summed E-state index contributed by atoms with van der Waals surface area (Å²) in [6.45, 7) is 2.66. The Kier molecular flexibility index (Phi) is 6.65. The number of hydrogen-bond donors (Lipinski definition) is 3. The van der Waals surface area contributed by atoms with E-state index in [1.54, 1.807) is 24.5 Å². The highest BCUT2D eigenvalue weighted by Gasteiger charge is 2.30. The highest BCUT2D eigenvalue weighted by Crippen LogP contribution is 2.28. The molecule has 0 radical (unpaired) electrons. The molecule has 2 aromatic rings. The molecule has 2 aliphatic rings. The molecule has 3 N–H and O–H groups in total. The number of carbonyl (C=O) groups excluding carboxylic acids is 1. The summed E-state index contributed by atoms with van der Waals surface area (Å²) < 4.78 is 0. The molecular formula is C24H32N4O2. The lowest BCUT2D eigenvalue weighted by Gasteiger charge is -2.37. The molecule has 1 aromatic carbocycles. The highest BCUT2D eigenvalue weighted by atomic mass is 16.3. The van der Waals surface area contributed by atoms with Gasteiger partial charge in [0.2, 0.25) is 0 Å². The van der Waals surface area contributed by atoms with E-state index >= 15 is 0 Å². The van der Waals surface area contributed by atoms with Crippen LogP contribution in [0.5, 0.6) is 0 Å². The molecule has 0 spiro atoms. The van der Waals surface area contributed by atoms with Crippen molar-refractivity contribution in [2.45, 2.75) is 56.6 Å². The predicted molar refractivity (Wildman–Crippen MR) is 120 cm³/mol. The van der Waals surface area contributed by atoms with Gasteiger partial charge < -0.3 is 20.6 Å². The lowest BCUT2D eigenvalue weighted by Crippen LogP contribution is -2.49. The number of amides is 1. The largest absolute Gasteiger partial charge is 0.389 e. The first kappa shape index (κ1) is 20.8. The second kappa shape index (κ2) is 9.58. The predicted octanol–water partition coefficient (Wildman–Crippen LogP) is 3.59. The Bertz CT molecular complexity index is 828. The third-order valence-corrected chi connectivity index (χ3v) is 6.41. The number of nitrogens with zero attached hydrogens (tertiary/aromatic N) is 2. The molecule has 160 valence electrons. The standard InChI is InChI=1S/C24H32N4O2/c29-23(19-7-13-25-14-8-19)27-21-5-4-6-22(17-21)28-15-9-20(10-16-28)26-18-24(30)11-2-1-3-12-24/h4-8,13-14,17,20,26,30H,1-3,9-12,15-16,18H2,(H,27,29). The molecule has 0 atom stereocenters. The average molecular weight is 409 g/mol. The van der Waals surface area contributed by atoms with E-state index in [1.165, 1.54) is 6.42 Å². The summed E-state index contributed by atoms with van der Waals surface area (Å²) in [6.07, 6.45) is 10.8. The van der Waals surface area contributed by atoms with E-state index < -0.39 is 5.60 Å². The number of pyridine rings is 1. The fraction of sp³-hybridized carbons (Fsp3) is 0.500. The van der Waals surface area contributed by atoms with Crippen molar-refractivity contribution in [1.82, 2.24) is 10.3 Å². The van der Waals surface area contributed by atoms with E-state index in [0.29, 0.717) is 18.2 Å². The van der Waals surface area contributed by atoms with Crippen LogP contribution < -0.4 is 15.5 Å². The number of nitrogens with one attached hydrogen (secondary N) is 2. The van der Waals surface area contributed by atoms with E-state index in [0.717, 1.165) is 63.0 Å². The fourth-order valence-corrected chi connectivity index (χ4v) is 4.55. The first-order valence-corrected chi connectivity index (χ1v) is 11.1. The number of aromatic nitrogens is 1. The Morgan fingerprint density at radius 3 is 2.57 bits per heavy atom. The molecule has 1 aliphatic carbocycles. The number of anilines is 2. The van der Waals surface area contributed by atoms with Gasteiger partial charge in [0.1, 0.15) is 0 Å². The normalized spacial score (nSPS) is 19.4. The van der Waals surface area contributed by atoms with Crippen molar-refractivity contribution >= 4 is 17.3 Å². The number of piperidine rings is 1. The van der Waals surface area contributed by atoms with Crippen LogP contribution in [-0.2, 0) is 0 Å². The van der Waals surface area contributed by atoms with Crippen LogP contribution in [0.1, 0.15) is 55.3 Å². The Morgan fingerprint density at radius 1 is 1.10 bits per heavy atom. The summed E-state index contributed by atoms with van der Waals surface area (Å²) in [5.41, 5.74) is 2.03.